The van der Waals surface area contributed by atoms with Gasteiger partial charge in [0.2, 0.25) is 0 Å². The Kier molecular flexibility index (Phi) is 9.86. The number of benzene rings is 1. The second-order valence-electron chi connectivity index (χ2n) is 4.61. The van der Waals surface area contributed by atoms with Gasteiger partial charge in [-0.15, -0.1) is 12.4 Å². The predicted octanol–water partition coefficient (Wildman–Crippen LogP) is 2.22. The van der Waals surface area contributed by atoms with Crippen LogP contribution >= 0.6 is 12.4 Å². The number of hydrogen-bond donors (Lipinski definition) is 2. The Bertz CT molecular complexity index is 391. The maximum absolute atomic E-state index is 11.6. The van der Waals surface area contributed by atoms with Crippen LogP contribution in [0.15, 0.2) is 18.2 Å². The van der Waals surface area contributed by atoms with Crippen molar-refractivity contribution in [1.29, 1.82) is 0 Å². The highest BCUT2D eigenvalue weighted by Crippen LogP contribution is 2.21. The molecular weight excluding hydrogens is 276 g/mol. The molecule has 4 nitrogen and oxygen atoms in total. The van der Waals surface area contributed by atoms with E-state index in [1.165, 1.54) is 0 Å². The van der Waals surface area contributed by atoms with Gasteiger partial charge >= 0.3 is 0 Å². The number of para-hydroxylation sites is 1. The monoisotopic (exact) mass is 300 g/mol. The zero-order valence-electron chi connectivity index (χ0n) is 12.5. The molecule has 1 rings (SSSR count). The fourth-order valence-corrected chi connectivity index (χ4v) is 1.81. The quantitative estimate of drug-likeness (QED) is 0.724. The Labute approximate surface area is 127 Å². The lowest BCUT2D eigenvalue weighted by Crippen LogP contribution is -2.35. The molecule has 0 saturated carbocycles. The van der Waals surface area contributed by atoms with Crippen LogP contribution in [0.3, 0.4) is 0 Å². The van der Waals surface area contributed by atoms with Crippen molar-refractivity contribution in [2.24, 2.45) is 0 Å². The van der Waals surface area contributed by atoms with E-state index >= 15 is 0 Å². The Balaban J connectivity index is 0.00000361. The molecule has 0 atom stereocenters. The van der Waals surface area contributed by atoms with Gasteiger partial charge in [-0.3, -0.25) is 4.79 Å². The van der Waals surface area contributed by atoms with Crippen molar-refractivity contribution in [3.05, 3.63) is 29.3 Å². The van der Waals surface area contributed by atoms with Crippen LogP contribution in [-0.4, -0.2) is 32.1 Å². The molecule has 0 heterocycles. The minimum Gasteiger partial charge on any atom is -0.483 e. The molecule has 0 aliphatic rings. The summed E-state index contributed by atoms with van der Waals surface area (Å²) in [6.07, 6.45) is 1.10. The average molecular weight is 301 g/mol. The number of carbonyl (C=O) groups excluding carboxylic acids is 1. The van der Waals surface area contributed by atoms with Gasteiger partial charge in [0.05, 0.1) is 0 Å². The molecule has 0 aromatic heterocycles. The van der Waals surface area contributed by atoms with E-state index in [0.29, 0.717) is 6.54 Å². The normalized spacial score (nSPS) is 9.75. The van der Waals surface area contributed by atoms with Crippen molar-refractivity contribution in [2.45, 2.75) is 27.2 Å². The summed E-state index contributed by atoms with van der Waals surface area (Å²) >= 11 is 0. The standard InChI is InChI=1S/C15H24N2O2.ClH/c1-4-8-16-9-10-17-14(18)11-19-15-12(2)6-5-7-13(15)3;/h5-7,16H,4,8-11H2,1-3H3,(H,17,18);1H. The van der Waals surface area contributed by atoms with Gasteiger partial charge in [-0.2, -0.15) is 0 Å². The number of amides is 1. The first-order chi connectivity index (χ1) is 9.15. The van der Waals surface area contributed by atoms with Crippen molar-refractivity contribution >= 4 is 18.3 Å². The molecule has 0 spiro atoms. The summed E-state index contributed by atoms with van der Waals surface area (Å²) in [6.45, 7) is 8.56. The maximum Gasteiger partial charge on any atom is 0.257 e. The molecule has 0 aliphatic heterocycles. The summed E-state index contributed by atoms with van der Waals surface area (Å²) in [6, 6.07) is 5.95. The van der Waals surface area contributed by atoms with Crippen LogP contribution in [0.5, 0.6) is 5.75 Å². The molecule has 1 amide bonds. The summed E-state index contributed by atoms with van der Waals surface area (Å²) in [5.74, 6) is 0.725. The zero-order valence-corrected chi connectivity index (χ0v) is 13.3. The molecule has 0 aliphatic carbocycles. The highest BCUT2D eigenvalue weighted by atomic mass is 35.5. The number of ether oxygens (including phenoxy) is 1. The van der Waals surface area contributed by atoms with Gasteiger partial charge in [0.1, 0.15) is 5.75 Å². The molecule has 1 aromatic rings. The number of rotatable bonds is 8. The van der Waals surface area contributed by atoms with Gasteiger partial charge in [0.25, 0.3) is 5.91 Å². The first-order valence-corrected chi connectivity index (χ1v) is 6.81. The number of aryl methyl sites for hydroxylation is 2. The second-order valence-corrected chi connectivity index (χ2v) is 4.61. The molecule has 0 fully saturated rings. The highest BCUT2D eigenvalue weighted by Gasteiger charge is 2.06. The van der Waals surface area contributed by atoms with E-state index in [9.17, 15) is 4.79 Å². The Morgan fingerprint density at radius 3 is 2.40 bits per heavy atom. The fourth-order valence-electron chi connectivity index (χ4n) is 1.81. The topological polar surface area (TPSA) is 50.4 Å². The van der Waals surface area contributed by atoms with E-state index in [-0.39, 0.29) is 24.9 Å². The number of hydrogen-bond acceptors (Lipinski definition) is 3. The molecule has 2 N–H and O–H groups in total. The fraction of sp³-hybridized carbons (Fsp3) is 0.533. The minimum atomic E-state index is -0.0825. The van der Waals surface area contributed by atoms with Gasteiger partial charge in [0.15, 0.2) is 6.61 Å². The van der Waals surface area contributed by atoms with Crippen molar-refractivity contribution in [2.75, 3.05) is 26.2 Å². The molecule has 0 saturated heterocycles. The van der Waals surface area contributed by atoms with Crippen molar-refractivity contribution in [3.8, 4) is 5.75 Å². The van der Waals surface area contributed by atoms with E-state index in [0.717, 1.165) is 36.4 Å². The summed E-state index contributed by atoms with van der Waals surface area (Å²) in [4.78, 5) is 11.6. The molecule has 5 heteroatoms. The summed E-state index contributed by atoms with van der Waals surface area (Å²) in [7, 11) is 0. The lowest BCUT2D eigenvalue weighted by molar-refractivity contribution is -0.123. The minimum absolute atomic E-state index is 0. The smallest absolute Gasteiger partial charge is 0.257 e. The van der Waals surface area contributed by atoms with Crippen LogP contribution in [-0.2, 0) is 4.79 Å². The van der Waals surface area contributed by atoms with Crippen molar-refractivity contribution in [1.82, 2.24) is 10.6 Å². The van der Waals surface area contributed by atoms with Crippen LogP contribution < -0.4 is 15.4 Å². The van der Waals surface area contributed by atoms with E-state index in [2.05, 4.69) is 17.6 Å². The van der Waals surface area contributed by atoms with Crippen LogP contribution in [0, 0.1) is 13.8 Å². The highest BCUT2D eigenvalue weighted by molar-refractivity contribution is 5.85. The molecule has 1 aromatic carbocycles. The molecule has 0 unspecified atom stereocenters. The van der Waals surface area contributed by atoms with Gasteiger partial charge in [0, 0.05) is 13.1 Å². The van der Waals surface area contributed by atoms with Gasteiger partial charge in [-0.05, 0) is 37.9 Å². The van der Waals surface area contributed by atoms with E-state index in [1.807, 2.05) is 32.0 Å². The van der Waals surface area contributed by atoms with Crippen LogP contribution in [0.2, 0.25) is 0 Å². The van der Waals surface area contributed by atoms with Crippen molar-refractivity contribution in [3.63, 3.8) is 0 Å². The van der Waals surface area contributed by atoms with Crippen molar-refractivity contribution < 1.29 is 9.53 Å². The Morgan fingerprint density at radius 1 is 1.15 bits per heavy atom. The lowest BCUT2D eigenvalue weighted by atomic mass is 10.1. The predicted molar refractivity (Wildman–Crippen MR) is 84.8 cm³/mol. The van der Waals surface area contributed by atoms with Gasteiger partial charge in [-0.1, -0.05) is 25.1 Å². The number of nitrogens with one attached hydrogen (secondary N) is 2. The van der Waals surface area contributed by atoms with Gasteiger partial charge < -0.3 is 15.4 Å². The molecule has 114 valence electrons. The molecular formula is C15H25ClN2O2. The average Bonchev–Trinajstić information content (AvgIpc) is 2.38. The number of carbonyl (C=O) groups is 1. The third-order valence-corrected chi connectivity index (χ3v) is 2.81. The molecule has 0 radical (unpaired) electrons. The summed E-state index contributed by atoms with van der Waals surface area (Å²) in [5.41, 5.74) is 2.11. The molecule has 0 bridgehead atoms. The summed E-state index contributed by atoms with van der Waals surface area (Å²) in [5, 5.41) is 6.05. The second kappa shape index (κ2) is 10.5. The zero-order chi connectivity index (χ0) is 14.1. The number of halogens is 1. The van der Waals surface area contributed by atoms with Gasteiger partial charge in [-0.25, -0.2) is 0 Å². The van der Waals surface area contributed by atoms with Crippen LogP contribution in [0.25, 0.3) is 0 Å². The molecule has 20 heavy (non-hydrogen) atoms. The van der Waals surface area contributed by atoms with Crippen LogP contribution in [0.4, 0.5) is 0 Å². The van der Waals surface area contributed by atoms with E-state index in [4.69, 9.17) is 4.74 Å². The summed E-state index contributed by atoms with van der Waals surface area (Å²) < 4.78 is 5.58. The first-order valence-electron chi connectivity index (χ1n) is 6.81. The largest absolute Gasteiger partial charge is 0.483 e. The third-order valence-electron chi connectivity index (χ3n) is 2.81. The maximum atomic E-state index is 11.6. The van der Waals surface area contributed by atoms with E-state index < -0.39 is 0 Å². The first kappa shape index (κ1) is 18.7. The Hall–Kier alpha value is -1.26. The SMILES string of the molecule is CCCNCCNC(=O)COc1c(C)cccc1C.Cl. The van der Waals surface area contributed by atoms with Crippen LogP contribution in [0.1, 0.15) is 24.5 Å². The Morgan fingerprint density at radius 2 is 1.80 bits per heavy atom. The lowest BCUT2D eigenvalue weighted by Gasteiger charge is -2.12. The van der Waals surface area contributed by atoms with E-state index in [1.54, 1.807) is 0 Å². The third kappa shape index (κ3) is 6.78.